The van der Waals surface area contributed by atoms with Crippen molar-refractivity contribution in [2.75, 3.05) is 10.2 Å². The first-order chi connectivity index (χ1) is 16.5. The molecule has 5 rings (SSSR count). The van der Waals surface area contributed by atoms with Crippen molar-refractivity contribution in [1.29, 1.82) is 5.26 Å². The zero-order valence-electron chi connectivity index (χ0n) is 19.8. The van der Waals surface area contributed by atoms with Gasteiger partial charge in [0.05, 0.1) is 16.9 Å². The average Bonchev–Trinajstić information content (AvgIpc) is 3.06. The summed E-state index contributed by atoms with van der Waals surface area (Å²) in [5.74, 6) is -0.546. The normalized spacial score (nSPS) is 22.8. The Balaban J connectivity index is 1.94. The van der Waals surface area contributed by atoms with Gasteiger partial charge in [0.15, 0.2) is 5.78 Å². The maximum atomic E-state index is 13.9. The summed E-state index contributed by atoms with van der Waals surface area (Å²) in [5, 5.41) is 14.4. The number of anilines is 2. The number of fused-ring (bicyclic) bond motifs is 3. The molecule has 1 atom stereocenters. The van der Waals surface area contributed by atoms with E-state index in [-0.39, 0.29) is 29.0 Å². The summed E-state index contributed by atoms with van der Waals surface area (Å²) < 4.78 is 0. The highest BCUT2D eigenvalue weighted by molar-refractivity contribution is 6.32. The van der Waals surface area contributed by atoms with Crippen LogP contribution in [0.5, 0.6) is 0 Å². The van der Waals surface area contributed by atoms with Gasteiger partial charge in [0.25, 0.3) is 0 Å². The van der Waals surface area contributed by atoms with Crippen LogP contribution in [0.3, 0.4) is 0 Å². The van der Waals surface area contributed by atoms with Crippen molar-refractivity contribution in [3.05, 3.63) is 79.7 Å². The number of allylic oxidation sites excluding steroid dienone is 1. The van der Waals surface area contributed by atoms with Crippen molar-refractivity contribution in [2.45, 2.75) is 46.0 Å². The van der Waals surface area contributed by atoms with E-state index in [1.165, 1.54) is 0 Å². The highest BCUT2D eigenvalue weighted by Gasteiger charge is 2.61. The van der Waals surface area contributed by atoms with E-state index in [9.17, 15) is 14.9 Å². The minimum Gasteiger partial charge on any atom is -0.384 e. The molecule has 178 valence electrons. The van der Waals surface area contributed by atoms with E-state index in [4.69, 9.17) is 28.9 Å². The highest BCUT2D eigenvalue weighted by atomic mass is 35.5. The summed E-state index contributed by atoms with van der Waals surface area (Å²) in [6.07, 6.45) is 0.722. The molecule has 0 bridgehead atoms. The summed E-state index contributed by atoms with van der Waals surface area (Å²) in [6.45, 7) is 7.68. The number of hydrogen-bond acceptors (Lipinski definition) is 5. The summed E-state index contributed by atoms with van der Waals surface area (Å²) >= 11 is 12.8. The second-order valence-corrected chi connectivity index (χ2v) is 11.0. The van der Waals surface area contributed by atoms with E-state index in [0.29, 0.717) is 50.2 Å². The molecule has 3 aliphatic rings. The summed E-state index contributed by atoms with van der Waals surface area (Å²) in [7, 11) is 0. The molecule has 2 aliphatic heterocycles. The third-order valence-corrected chi connectivity index (χ3v) is 8.16. The van der Waals surface area contributed by atoms with Crippen LogP contribution in [0.25, 0.3) is 0 Å². The Labute approximate surface area is 214 Å². The van der Waals surface area contributed by atoms with Gasteiger partial charge in [-0.25, -0.2) is 0 Å². The minimum atomic E-state index is -1.64. The summed E-state index contributed by atoms with van der Waals surface area (Å²) in [6, 6.07) is 11.0. The molecule has 1 amide bonds. The van der Waals surface area contributed by atoms with Crippen LogP contribution in [0.1, 0.15) is 43.4 Å². The summed E-state index contributed by atoms with van der Waals surface area (Å²) in [5.41, 5.74) is 8.79. The number of halogens is 2. The zero-order chi connectivity index (χ0) is 25.4. The minimum absolute atomic E-state index is 0.0154. The number of carbonyl (C=O) groups is 2. The van der Waals surface area contributed by atoms with Crippen LogP contribution in [-0.4, -0.2) is 11.7 Å². The molecular formula is C27H24Cl2N4O2. The van der Waals surface area contributed by atoms with Crippen LogP contribution in [0.2, 0.25) is 10.0 Å². The molecule has 1 unspecified atom stereocenters. The predicted molar refractivity (Wildman–Crippen MR) is 137 cm³/mol. The van der Waals surface area contributed by atoms with Gasteiger partial charge in [-0.2, -0.15) is 5.26 Å². The molecule has 0 saturated carbocycles. The van der Waals surface area contributed by atoms with Crippen molar-refractivity contribution in [3.63, 3.8) is 0 Å². The number of benzene rings is 2. The predicted octanol–water partition coefficient (Wildman–Crippen LogP) is 5.66. The fraction of sp³-hybridized carbons (Fsp3) is 0.296. The lowest BCUT2D eigenvalue weighted by molar-refractivity contribution is -0.123. The van der Waals surface area contributed by atoms with Crippen molar-refractivity contribution < 1.29 is 9.59 Å². The number of nitrogens with zero attached hydrogens (tertiary/aromatic N) is 2. The fourth-order valence-electron chi connectivity index (χ4n) is 5.72. The fourth-order valence-corrected chi connectivity index (χ4v) is 6.05. The van der Waals surface area contributed by atoms with E-state index in [0.717, 1.165) is 5.56 Å². The number of amides is 1. The second kappa shape index (κ2) is 7.61. The molecule has 2 heterocycles. The van der Waals surface area contributed by atoms with Gasteiger partial charge >= 0.3 is 0 Å². The Morgan fingerprint density at radius 2 is 1.74 bits per heavy atom. The average molecular weight is 507 g/mol. The molecule has 0 radical (unpaired) electrons. The first-order valence-electron chi connectivity index (χ1n) is 11.3. The maximum absolute atomic E-state index is 13.9. The van der Waals surface area contributed by atoms with Crippen molar-refractivity contribution in [2.24, 2.45) is 11.1 Å². The Hall–Kier alpha value is -3.27. The van der Waals surface area contributed by atoms with Crippen molar-refractivity contribution >= 4 is 46.3 Å². The molecule has 35 heavy (non-hydrogen) atoms. The summed E-state index contributed by atoms with van der Waals surface area (Å²) in [4.78, 5) is 29.6. The van der Waals surface area contributed by atoms with Gasteiger partial charge < -0.3 is 11.1 Å². The molecule has 1 spiro atoms. The van der Waals surface area contributed by atoms with Gasteiger partial charge in [-0.1, -0.05) is 49.2 Å². The van der Waals surface area contributed by atoms with Gasteiger partial charge in [0.1, 0.15) is 17.3 Å². The van der Waals surface area contributed by atoms with Crippen molar-refractivity contribution in [3.8, 4) is 6.07 Å². The number of nitrogens with two attached hydrogens (primary N) is 1. The van der Waals surface area contributed by atoms with Gasteiger partial charge in [0, 0.05) is 33.3 Å². The molecule has 1 aliphatic carbocycles. The van der Waals surface area contributed by atoms with Gasteiger partial charge in [-0.15, -0.1) is 0 Å². The number of Topliss-reactive ketones (excluding diaryl/α,β-unsaturated/α-hetero) is 1. The van der Waals surface area contributed by atoms with E-state index in [1.807, 2.05) is 26.8 Å². The first-order valence-corrected chi connectivity index (χ1v) is 12.0. The molecule has 2 aromatic carbocycles. The largest absolute Gasteiger partial charge is 0.384 e. The number of carbonyl (C=O) groups excluding carboxylic acids is 2. The van der Waals surface area contributed by atoms with Crippen LogP contribution in [0, 0.1) is 30.6 Å². The Morgan fingerprint density at radius 1 is 1.06 bits per heavy atom. The standard InChI is InChI=1S/C27H24Cl2N4O2/c1-13-17(28)6-5-7-19(13)33-20-10-26(3,4)11-21(34)22(20)27(16(12-30)24(33)31)15-8-9-18(29)14(2)23(15)32-25(27)35/h5-9H,10-11,31H2,1-4H3,(H,32,35). The number of rotatable bonds is 1. The third kappa shape index (κ3) is 3.01. The lowest BCUT2D eigenvalue weighted by Crippen LogP contribution is -2.52. The third-order valence-electron chi connectivity index (χ3n) is 7.34. The lowest BCUT2D eigenvalue weighted by Gasteiger charge is -2.47. The van der Waals surface area contributed by atoms with Gasteiger partial charge in [0.2, 0.25) is 5.91 Å². The van der Waals surface area contributed by atoms with Crippen LogP contribution in [0.4, 0.5) is 11.4 Å². The van der Waals surface area contributed by atoms with Crippen LogP contribution < -0.4 is 16.0 Å². The van der Waals surface area contributed by atoms with Crippen molar-refractivity contribution in [1.82, 2.24) is 0 Å². The molecule has 8 heteroatoms. The number of ketones is 1. The SMILES string of the molecule is Cc1c(Cl)cccc1N1C(N)=C(C#N)C2(C(=O)Nc3c2ccc(Cl)c3C)C2=C1CC(C)(C)CC2=O. The molecule has 0 saturated heterocycles. The lowest BCUT2D eigenvalue weighted by atomic mass is 9.60. The Bertz CT molecular complexity index is 1460. The van der Waals surface area contributed by atoms with Crippen LogP contribution in [-0.2, 0) is 15.0 Å². The monoisotopic (exact) mass is 506 g/mol. The smallest absolute Gasteiger partial charge is 0.245 e. The number of nitriles is 1. The molecule has 3 N–H and O–H groups in total. The van der Waals surface area contributed by atoms with Gasteiger partial charge in [-0.3, -0.25) is 14.5 Å². The van der Waals surface area contributed by atoms with E-state index >= 15 is 0 Å². The molecule has 0 aromatic heterocycles. The molecular weight excluding hydrogens is 483 g/mol. The van der Waals surface area contributed by atoms with E-state index < -0.39 is 11.3 Å². The number of nitrogens with one attached hydrogen (secondary N) is 1. The second-order valence-electron chi connectivity index (χ2n) is 10.2. The number of hydrogen-bond donors (Lipinski definition) is 2. The van der Waals surface area contributed by atoms with E-state index in [2.05, 4.69) is 11.4 Å². The first kappa shape index (κ1) is 23.5. The van der Waals surface area contributed by atoms with Gasteiger partial charge in [-0.05, 0) is 55.0 Å². The molecule has 2 aromatic rings. The van der Waals surface area contributed by atoms with E-state index in [1.54, 1.807) is 36.1 Å². The highest BCUT2D eigenvalue weighted by Crippen LogP contribution is 2.58. The Morgan fingerprint density at radius 3 is 2.43 bits per heavy atom. The zero-order valence-corrected chi connectivity index (χ0v) is 21.4. The van der Waals surface area contributed by atoms with Crippen LogP contribution >= 0.6 is 23.2 Å². The molecule has 6 nitrogen and oxygen atoms in total. The topological polar surface area (TPSA) is 99.2 Å². The molecule has 0 fully saturated rings. The maximum Gasteiger partial charge on any atom is 0.245 e. The quantitative estimate of drug-likeness (QED) is 0.519. The van der Waals surface area contributed by atoms with Crippen LogP contribution in [0.15, 0.2) is 53.0 Å². The Kier molecular flexibility index (Phi) is 5.11.